The Morgan fingerprint density at radius 1 is 1.18 bits per heavy atom. The van der Waals surface area contributed by atoms with Crippen molar-refractivity contribution in [3.05, 3.63) is 12.2 Å². The highest BCUT2D eigenvalue weighted by molar-refractivity contribution is 5.88. The maximum atomic E-state index is 12.0. The van der Waals surface area contributed by atoms with Crippen LogP contribution in [0.1, 0.15) is 54.9 Å². The summed E-state index contributed by atoms with van der Waals surface area (Å²) in [5.74, 6) is -0.00946. The number of nitrogens with zero attached hydrogens (tertiary/aromatic N) is 1. The average molecular weight is 312 g/mol. The van der Waals surface area contributed by atoms with Crippen LogP contribution in [-0.2, 0) is 9.53 Å². The molecular weight excluding hydrogens is 276 g/mol. The number of ether oxygens (including phenoxy) is 1. The third kappa shape index (κ3) is 6.93. The van der Waals surface area contributed by atoms with Gasteiger partial charge < -0.3 is 10.1 Å². The molecule has 1 fully saturated rings. The zero-order valence-corrected chi connectivity index (χ0v) is 15.7. The van der Waals surface area contributed by atoms with E-state index in [2.05, 4.69) is 44.8 Å². The summed E-state index contributed by atoms with van der Waals surface area (Å²) < 4.78 is 5.30. The van der Waals surface area contributed by atoms with Gasteiger partial charge in [-0.1, -0.05) is 40.7 Å². The van der Waals surface area contributed by atoms with Crippen molar-refractivity contribution in [3.8, 4) is 0 Å². The number of morpholine rings is 1. The first-order valence-electron chi connectivity index (χ1n) is 8.57. The van der Waals surface area contributed by atoms with Gasteiger partial charge in [0.15, 0.2) is 0 Å². The second-order valence-corrected chi connectivity index (χ2v) is 6.67. The number of rotatable bonds is 6. The minimum absolute atomic E-state index is 0.00946. The van der Waals surface area contributed by atoms with E-state index in [9.17, 15) is 4.79 Å². The fourth-order valence-corrected chi connectivity index (χ4v) is 2.05. The van der Waals surface area contributed by atoms with Crippen LogP contribution in [-0.4, -0.2) is 49.2 Å². The van der Waals surface area contributed by atoms with Crippen molar-refractivity contribution in [2.24, 2.45) is 5.41 Å². The predicted octanol–water partition coefficient (Wildman–Crippen LogP) is 3.23. The molecule has 0 aromatic rings. The van der Waals surface area contributed by atoms with E-state index in [1.54, 1.807) is 6.08 Å². The van der Waals surface area contributed by atoms with Crippen LogP contribution in [0, 0.1) is 5.41 Å². The van der Waals surface area contributed by atoms with Gasteiger partial charge in [-0.05, 0) is 25.7 Å². The number of hydrogen-bond donors (Lipinski definition) is 1. The van der Waals surface area contributed by atoms with Crippen LogP contribution in [0.15, 0.2) is 12.2 Å². The predicted molar refractivity (Wildman–Crippen MR) is 94.0 cm³/mol. The van der Waals surface area contributed by atoms with Gasteiger partial charge >= 0.3 is 0 Å². The lowest BCUT2D eigenvalue weighted by molar-refractivity contribution is -0.119. The van der Waals surface area contributed by atoms with Crippen molar-refractivity contribution in [1.82, 2.24) is 10.2 Å². The standard InChI is InChI=1S/C16H30N2O2.C2H6/c1-6-15(2,3)16(4,5)17-14(19)8-7-9-18-10-12-20-13-11-18;1-2/h7-8H,6,9-13H2,1-5H3,(H,17,19);1-2H3/b8-7+;. The quantitative estimate of drug-likeness (QED) is 0.766. The Bertz CT molecular complexity index is 343. The van der Waals surface area contributed by atoms with E-state index in [-0.39, 0.29) is 16.9 Å². The number of carbonyl (C=O) groups excluding carboxylic acids is 1. The van der Waals surface area contributed by atoms with E-state index >= 15 is 0 Å². The van der Waals surface area contributed by atoms with Gasteiger partial charge in [0.05, 0.1) is 13.2 Å². The SMILES string of the molecule is CC.CCC(C)(C)C(C)(C)NC(=O)/C=C/CN1CCOCC1. The van der Waals surface area contributed by atoms with Gasteiger partial charge in [-0.2, -0.15) is 0 Å². The lowest BCUT2D eigenvalue weighted by atomic mass is 9.72. The Labute approximate surface area is 137 Å². The lowest BCUT2D eigenvalue weighted by Gasteiger charge is -2.41. The van der Waals surface area contributed by atoms with E-state index in [4.69, 9.17) is 4.74 Å². The van der Waals surface area contributed by atoms with Crippen LogP contribution in [0.25, 0.3) is 0 Å². The summed E-state index contributed by atoms with van der Waals surface area (Å²) in [6.45, 7) is 19.0. The molecule has 22 heavy (non-hydrogen) atoms. The molecule has 4 heteroatoms. The number of nitrogens with one attached hydrogen (secondary N) is 1. The van der Waals surface area contributed by atoms with Crippen molar-refractivity contribution < 1.29 is 9.53 Å². The molecule has 1 amide bonds. The van der Waals surface area contributed by atoms with E-state index < -0.39 is 0 Å². The number of amides is 1. The summed E-state index contributed by atoms with van der Waals surface area (Å²) in [4.78, 5) is 14.3. The molecule has 0 aliphatic carbocycles. The second kappa shape index (κ2) is 10.0. The Morgan fingerprint density at radius 3 is 2.23 bits per heavy atom. The van der Waals surface area contributed by atoms with Crippen molar-refractivity contribution in [3.63, 3.8) is 0 Å². The molecule has 0 aromatic heterocycles. The summed E-state index contributed by atoms with van der Waals surface area (Å²) in [6.07, 6.45) is 4.62. The van der Waals surface area contributed by atoms with Gasteiger partial charge in [0.2, 0.25) is 5.91 Å². The van der Waals surface area contributed by atoms with Crippen LogP contribution >= 0.6 is 0 Å². The summed E-state index contributed by atoms with van der Waals surface area (Å²) in [7, 11) is 0. The highest BCUT2D eigenvalue weighted by atomic mass is 16.5. The third-order valence-electron chi connectivity index (χ3n) is 4.75. The normalized spacial score (nSPS) is 17.0. The van der Waals surface area contributed by atoms with Crippen LogP contribution in [0.3, 0.4) is 0 Å². The highest BCUT2D eigenvalue weighted by Crippen LogP contribution is 2.33. The molecule has 4 nitrogen and oxygen atoms in total. The Morgan fingerprint density at radius 2 is 1.73 bits per heavy atom. The topological polar surface area (TPSA) is 41.6 Å². The fraction of sp³-hybridized carbons (Fsp3) is 0.833. The van der Waals surface area contributed by atoms with E-state index in [1.165, 1.54) is 0 Å². The van der Waals surface area contributed by atoms with Crippen molar-refractivity contribution in [2.45, 2.75) is 60.4 Å². The maximum absolute atomic E-state index is 12.0. The molecule has 1 saturated heterocycles. The molecule has 1 aliphatic heterocycles. The number of hydrogen-bond acceptors (Lipinski definition) is 3. The average Bonchev–Trinajstić information content (AvgIpc) is 2.49. The minimum Gasteiger partial charge on any atom is -0.379 e. The Kier molecular flexibility index (Phi) is 9.61. The van der Waals surface area contributed by atoms with Gasteiger partial charge in [0.25, 0.3) is 0 Å². The largest absolute Gasteiger partial charge is 0.379 e. The fourth-order valence-electron chi connectivity index (χ4n) is 2.05. The van der Waals surface area contributed by atoms with Gasteiger partial charge in [-0.3, -0.25) is 9.69 Å². The molecule has 0 radical (unpaired) electrons. The first-order valence-corrected chi connectivity index (χ1v) is 8.57. The van der Waals surface area contributed by atoms with Gasteiger partial charge in [0.1, 0.15) is 0 Å². The van der Waals surface area contributed by atoms with Crippen LogP contribution in [0.5, 0.6) is 0 Å². The zero-order chi connectivity index (χ0) is 17.2. The van der Waals surface area contributed by atoms with Crippen LogP contribution in [0.4, 0.5) is 0 Å². The van der Waals surface area contributed by atoms with Crippen LogP contribution < -0.4 is 5.32 Å². The molecule has 0 unspecified atom stereocenters. The minimum atomic E-state index is -0.220. The monoisotopic (exact) mass is 312 g/mol. The summed E-state index contributed by atoms with van der Waals surface area (Å²) >= 11 is 0. The molecule has 1 heterocycles. The molecule has 1 aliphatic rings. The van der Waals surface area contributed by atoms with Gasteiger partial charge in [-0.15, -0.1) is 0 Å². The molecule has 1 rings (SSSR count). The van der Waals surface area contributed by atoms with E-state index in [1.807, 2.05) is 19.9 Å². The zero-order valence-electron chi connectivity index (χ0n) is 15.7. The summed E-state index contributed by atoms with van der Waals surface area (Å²) in [6, 6.07) is 0. The summed E-state index contributed by atoms with van der Waals surface area (Å²) in [5.41, 5.74) is -0.150. The Balaban J connectivity index is 0.00000211. The molecule has 1 N–H and O–H groups in total. The first kappa shape index (κ1) is 21.1. The van der Waals surface area contributed by atoms with E-state index in [0.29, 0.717) is 0 Å². The molecule has 0 spiro atoms. The van der Waals surface area contributed by atoms with Gasteiger partial charge in [0, 0.05) is 31.2 Å². The van der Waals surface area contributed by atoms with Crippen molar-refractivity contribution in [2.75, 3.05) is 32.8 Å². The molecule has 0 bridgehead atoms. The Hall–Kier alpha value is -0.870. The summed E-state index contributed by atoms with van der Waals surface area (Å²) in [5, 5.41) is 3.12. The smallest absolute Gasteiger partial charge is 0.244 e. The van der Waals surface area contributed by atoms with E-state index in [0.717, 1.165) is 39.3 Å². The lowest BCUT2D eigenvalue weighted by Crippen LogP contribution is -2.53. The van der Waals surface area contributed by atoms with Gasteiger partial charge in [-0.25, -0.2) is 0 Å². The molecular formula is C18H36N2O2. The van der Waals surface area contributed by atoms with Crippen molar-refractivity contribution in [1.29, 1.82) is 0 Å². The molecule has 0 saturated carbocycles. The van der Waals surface area contributed by atoms with Crippen molar-refractivity contribution >= 4 is 5.91 Å². The molecule has 0 atom stereocenters. The first-order chi connectivity index (χ1) is 10.3. The highest BCUT2D eigenvalue weighted by Gasteiger charge is 2.36. The number of carbonyl (C=O) groups is 1. The third-order valence-corrected chi connectivity index (χ3v) is 4.75. The molecule has 0 aromatic carbocycles. The van der Waals surface area contributed by atoms with Crippen LogP contribution in [0.2, 0.25) is 0 Å². The maximum Gasteiger partial charge on any atom is 0.244 e. The second-order valence-electron chi connectivity index (χ2n) is 6.67. The molecule has 130 valence electrons.